The van der Waals surface area contributed by atoms with Gasteiger partial charge in [-0.2, -0.15) is 0 Å². The highest BCUT2D eigenvalue weighted by atomic mass is 15.0. The molecule has 0 heterocycles. The van der Waals surface area contributed by atoms with Gasteiger partial charge in [-0.3, -0.25) is 0 Å². The summed E-state index contributed by atoms with van der Waals surface area (Å²) in [6.07, 6.45) is 9.38. The van der Waals surface area contributed by atoms with E-state index in [1.54, 1.807) is 0 Å². The Kier molecular flexibility index (Phi) is 7.03. The van der Waals surface area contributed by atoms with E-state index in [2.05, 4.69) is 24.5 Å². The summed E-state index contributed by atoms with van der Waals surface area (Å²) in [7, 11) is 0. The van der Waals surface area contributed by atoms with E-state index in [0.29, 0.717) is 0 Å². The molecule has 2 heteroatoms. The monoisotopic (exact) mass is 212 g/mol. The van der Waals surface area contributed by atoms with Gasteiger partial charge in [0, 0.05) is 12.1 Å². The van der Waals surface area contributed by atoms with Crippen molar-refractivity contribution in [2.45, 2.75) is 70.9 Å². The fraction of sp³-hybridized carbons (Fsp3) is 1.00. The summed E-state index contributed by atoms with van der Waals surface area (Å²) in [4.78, 5) is 0. The molecule has 1 aliphatic carbocycles. The van der Waals surface area contributed by atoms with Crippen molar-refractivity contribution in [3.05, 3.63) is 0 Å². The van der Waals surface area contributed by atoms with Crippen LogP contribution >= 0.6 is 0 Å². The summed E-state index contributed by atoms with van der Waals surface area (Å²) in [6.45, 7) is 6.90. The maximum absolute atomic E-state index is 3.69. The predicted octanol–water partition coefficient (Wildman–Crippen LogP) is 2.69. The maximum Gasteiger partial charge on any atom is 0.00818 e. The average Bonchev–Trinajstić information content (AvgIpc) is 2.27. The number of hydrogen-bond acceptors (Lipinski definition) is 2. The van der Waals surface area contributed by atoms with Crippen LogP contribution in [0.1, 0.15) is 58.8 Å². The van der Waals surface area contributed by atoms with Crippen LogP contribution in [0.5, 0.6) is 0 Å². The lowest BCUT2D eigenvalue weighted by Crippen LogP contribution is -2.42. The van der Waals surface area contributed by atoms with Crippen LogP contribution in [0.15, 0.2) is 0 Å². The standard InChI is InChI=1S/C13H28N2/c1-3-5-10-15-13-8-6-7-12(11-13)14-9-4-2/h12-15H,3-11H2,1-2H3. The lowest BCUT2D eigenvalue weighted by Gasteiger charge is -2.30. The Balaban J connectivity index is 2.11. The zero-order valence-electron chi connectivity index (χ0n) is 10.5. The highest BCUT2D eigenvalue weighted by molar-refractivity contribution is 4.81. The van der Waals surface area contributed by atoms with Gasteiger partial charge < -0.3 is 10.6 Å². The fourth-order valence-corrected chi connectivity index (χ4v) is 2.39. The molecule has 0 aromatic heterocycles. The summed E-state index contributed by atoms with van der Waals surface area (Å²) in [5.41, 5.74) is 0. The SMILES string of the molecule is CCCCNC1CCCC(NCCC)C1. The molecular formula is C13H28N2. The molecule has 0 spiro atoms. The largest absolute Gasteiger partial charge is 0.314 e. The summed E-state index contributed by atoms with van der Waals surface area (Å²) >= 11 is 0. The second kappa shape index (κ2) is 8.12. The van der Waals surface area contributed by atoms with Crippen LogP contribution in [0.3, 0.4) is 0 Å². The normalized spacial score (nSPS) is 26.8. The quantitative estimate of drug-likeness (QED) is 0.634. The van der Waals surface area contributed by atoms with Gasteiger partial charge in [-0.15, -0.1) is 0 Å². The minimum atomic E-state index is 0.776. The van der Waals surface area contributed by atoms with Gasteiger partial charge in [-0.25, -0.2) is 0 Å². The molecule has 1 saturated carbocycles. The van der Waals surface area contributed by atoms with Gasteiger partial charge in [0.2, 0.25) is 0 Å². The minimum Gasteiger partial charge on any atom is -0.314 e. The number of unbranched alkanes of at least 4 members (excludes halogenated alkanes) is 1. The van der Waals surface area contributed by atoms with Gasteiger partial charge in [-0.05, 0) is 45.2 Å². The van der Waals surface area contributed by atoms with Crippen LogP contribution < -0.4 is 10.6 Å². The molecule has 0 bridgehead atoms. The van der Waals surface area contributed by atoms with Crippen LogP contribution in [0.25, 0.3) is 0 Å². The van der Waals surface area contributed by atoms with E-state index >= 15 is 0 Å². The Morgan fingerprint density at radius 3 is 2.20 bits per heavy atom. The zero-order valence-corrected chi connectivity index (χ0v) is 10.5. The number of rotatable bonds is 7. The molecule has 1 rings (SSSR count). The Hall–Kier alpha value is -0.0800. The maximum atomic E-state index is 3.69. The third-order valence-electron chi connectivity index (χ3n) is 3.32. The Labute approximate surface area is 95.2 Å². The van der Waals surface area contributed by atoms with Gasteiger partial charge in [0.05, 0.1) is 0 Å². The van der Waals surface area contributed by atoms with E-state index in [4.69, 9.17) is 0 Å². The van der Waals surface area contributed by atoms with Crippen LogP contribution in [-0.4, -0.2) is 25.2 Å². The molecule has 2 N–H and O–H groups in total. The minimum absolute atomic E-state index is 0.776. The molecule has 0 aliphatic heterocycles. The van der Waals surface area contributed by atoms with Gasteiger partial charge in [0.1, 0.15) is 0 Å². The Morgan fingerprint density at radius 1 is 0.933 bits per heavy atom. The molecule has 2 atom stereocenters. The summed E-state index contributed by atoms with van der Waals surface area (Å²) in [5, 5.41) is 7.34. The van der Waals surface area contributed by atoms with Crippen LogP contribution in [0, 0.1) is 0 Å². The molecule has 2 unspecified atom stereocenters. The van der Waals surface area contributed by atoms with Crippen molar-refractivity contribution in [3.63, 3.8) is 0 Å². The molecule has 0 amide bonds. The van der Waals surface area contributed by atoms with Crippen molar-refractivity contribution in [1.82, 2.24) is 10.6 Å². The second-order valence-corrected chi connectivity index (χ2v) is 4.82. The van der Waals surface area contributed by atoms with E-state index in [0.717, 1.165) is 12.1 Å². The Bertz CT molecular complexity index is 147. The highest BCUT2D eigenvalue weighted by Crippen LogP contribution is 2.18. The van der Waals surface area contributed by atoms with Crippen molar-refractivity contribution >= 4 is 0 Å². The fourth-order valence-electron chi connectivity index (χ4n) is 2.39. The average molecular weight is 212 g/mol. The zero-order chi connectivity index (χ0) is 10.9. The molecule has 0 aromatic rings. The first-order chi connectivity index (χ1) is 7.36. The third-order valence-corrected chi connectivity index (χ3v) is 3.32. The molecule has 1 fully saturated rings. The Morgan fingerprint density at radius 2 is 1.60 bits per heavy atom. The van der Waals surface area contributed by atoms with E-state index in [1.807, 2.05) is 0 Å². The van der Waals surface area contributed by atoms with E-state index in [9.17, 15) is 0 Å². The summed E-state index contributed by atoms with van der Waals surface area (Å²) < 4.78 is 0. The molecule has 15 heavy (non-hydrogen) atoms. The van der Waals surface area contributed by atoms with E-state index < -0.39 is 0 Å². The summed E-state index contributed by atoms with van der Waals surface area (Å²) in [5.74, 6) is 0. The first-order valence-electron chi connectivity index (χ1n) is 6.83. The number of nitrogens with one attached hydrogen (secondary N) is 2. The molecule has 2 nitrogen and oxygen atoms in total. The van der Waals surface area contributed by atoms with Gasteiger partial charge in [0.25, 0.3) is 0 Å². The van der Waals surface area contributed by atoms with Crippen LogP contribution in [0.4, 0.5) is 0 Å². The number of hydrogen-bond donors (Lipinski definition) is 2. The first kappa shape index (κ1) is 13.0. The van der Waals surface area contributed by atoms with Crippen molar-refractivity contribution in [2.75, 3.05) is 13.1 Å². The predicted molar refractivity (Wildman–Crippen MR) is 67.2 cm³/mol. The lowest BCUT2D eigenvalue weighted by atomic mass is 9.91. The van der Waals surface area contributed by atoms with E-state index in [-0.39, 0.29) is 0 Å². The molecule has 90 valence electrons. The lowest BCUT2D eigenvalue weighted by molar-refractivity contribution is 0.302. The second-order valence-electron chi connectivity index (χ2n) is 4.82. The highest BCUT2D eigenvalue weighted by Gasteiger charge is 2.20. The van der Waals surface area contributed by atoms with Crippen molar-refractivity contribution < 1.29 is 0 Å². The molecule has 0 aromatic carbocycles. The smallest absolute Gasteiger partial charge is 0.00818 e. The topological polar surface area (TPSA) is 24.1 Å². The van der Waals surface area contributed by atoms with Crippen LogP contribution in [0.2, 0.25) is 0 Å². The third kappa shape index (κ3) is 5.53. The van der Waals surface area contributed by atoms with Crippen molar-refractivity contribution in [3.8, 4) is 0 Å². The van der Waals surface area contributed by atoms with Crippen molar-refractivity contribution in [1.29, 1.82) is 0 Å². The molecular weight excluding hydrogens is 184 g/mol. The first-order valence-corrected chi connectivity index (χ1v) is 6.83. The van der Waals surface area contributed by atoms with Gasteiger partial charge >= 0.3 is 0 Å². The van der Waals surface area contributed by atoms with E-state index in [1.165, 1.54) is 58.0 Å². The molecule has 0 radical (unpaired) electrons. The van der Waals surface area contributed by atoms with Gasteiger partial charge in [0.15, 0.2) is 0 Å². The molecule has 0 saturated heterocycles. The molecule has 1 aliphatic rings. The van der Waals surface area contributed by atoms with Crippen LogP contribution in [-0.2, 0) is 0 Å². The summed E-state index contributed by atoms with van der Waals surface area (Å²) in [6, 6.07) is 1.55. The van der Waals surface area contributed by atoms with Gasteiger partial charge in [-0.1, -0.05) is 26.7 Å². The van der Waals surface area contributed by atoms with Crippen molar-refractivity contribution in [2.24, 2.45) is 0 Å².